The Labute approximate surface area is 315 Å². The minimum atomic E-state index is -4.64. The van der Waals surface area contributed by atoms with Crippen LogP contribution >= 0.6 is 0 Å². The van der Waals surface area contributed by atoms with Crippen molar-refractivity contribution in [3.63, 3.8) is 0 Å². The minimum absolute atomic E-state index is 0.264. The number of anilines is 4. The van der Waals surface area contributed by atoms with Crippen molar-refractivity contribution in [3.05, 3.63) is 112 Å². The van der Waals surface area contributed by atoms with Gasteiger partial charge in [0, 0.05) is 45.6 Å². The summed E-state index contributed by atoms with van der Waals surface area (Å²) < 4.78 is 95.9. The number of hydrogen-bond acceptors (Lipinski definition) is 9. The van der Waals surface area contributed by atoms with Crippen molar-refractivity contribution >= 4 is 69.6 Å². The molecule has 1 aliphatic carbocycles. The normalized spacial score (nSPS) is 12.7. The fraction of sp³-hybridized carbons (Fsp3) is 0.205. The quantitative estimate of drug-likeness (QED) is 0.0832. The summed E-state index contributed by atoms with van der Waals surface area (Å²) in [7, 11) is -11.7. The lowest BCUT2D eigenvalue weighted by molar-refractivity contribution is 0.483. The standard InChI is InChI=1S/C39H40N4O8S3/c1-21-17-23(3)38(42-52(7,44)45)25(5)36(21)40-27-13-15-29-32(19-27)51-33-20-28(41-37-22(2)18-24(4)39(26(37)6)43-53(8,46)47)14-16-30(33)35(29)31-11-9-10-12-34(31)54(48,49)50/h9-20,40,42-43H,1-8H3,(H,48,49,50)/b41-28+. The number of nitrogens with zero attached hydrogens (tertiary/aromatic N) is 1. The van der Waals surface area contributed by atoms with E-state index in [1.807, 2.05) is 46.8 Å². The molecule has 4 aromatic carbocycles. The molecule has 6 rings (SSSR count). The van der Waals surface area contributed by atoms with Gasteiger partial charge in [-0.15, -0.1) is 0 Å². The molecule has 1 heterocycles. The van der Waals surface area contributed by atoms with E-state index < -0.39 is 30.2 Å². The van der Waals surface area contributed by atoms with E-state index in [0.29, 0.717) is 72.8 Å². The van der Waals surface area contributed by atoms with Crippen LogP contribution < -0.4 is 20.1 Å². The van der Waals surface area contributed by atoms with E-state index >= 15 is 0 Å². The smallest absolute Gasteiger partial charge is 0.295 e. The Balaban J connectivity index is 1.60. The number of nitrogens with one attached hydrogen (secondary N) is 3. The van der Waals surface area contributed by atoms with Gasteiger partial charge in [-0.2, -0.15) is 8.42 Å². The summed E-state index contributed by atoms with van der Waals surface area (Å²) in [6.45, 7) is 11.1. The van der Waals surface area contributed by atoms with Crippen LogP contribution in [0.1, 0.15) is 33.4 Å². The molecule has 282 valence electrons. The molecule has 0 unspecified atom stereocenters. The van der Waals surface area contributed by atoms with Gasteiger partial charge in [0.1, 0.15) is 16.2 Å². The highest BCUT2D eigenvalue weighted by molar-refractivity contribution is 7.92. The molecular formula is C39H40N4O8S3. The van der Waals surface area contributed by atoms with Crippen molar-refractivity contribution in [2.24, 2.45) is 4.99 Å². The maximum absolute atomic E-state index is 12.6. The van der Waals surface area contributed by atoms with Crippen molar-refractivity contribution in [2.45, 2.75) is 46.4 Å². The molecule has 4 aromatic rings. The van der Waals surface area contributed by atoms with Gasteiger partial charge in [-0.05, 0) is 105 Å². The van der Waals surface area contributed by atoms with Crippen LogP contribution in [-0.4, -0.2) is 42.3 Å². The summed E-state index contributed by atoms with van der Waals surface area (Å²) in [5.74, 6) is 0.361. The van der Waals surface area contributed by atoms with Crippen LogP contribution in [0.2, 0.25) is 0 Å². The molecule has 0 radical (unpaired) electrons. The third kappa shape index (κ3) is 7.85. The van der Waals surface area contributed by atoms with Gasteiger partial charge in [-0.1, -0.05) is 30.3 Å². The van der Waals surface area contributed by atoms with Gasteiger partial charge in [0.05, 0.1) is 34.9 Å². The molecule has 1 aliphatic heterocycles. The number of rotatable bonds is 9. The summed E-state index contributed by atoms with van der Waals surface area (Å²) in [5, 5.41) is 4.47. The first-order valence-corrected chi connectivity index (χ1v) is 21.9. The van der Waals surface area contributed by atoms with Crippen molar-refractivity contribution in [1.29, 1.82) is 0 Å². The lowest BCUT2D eigenvalue weighted by Crippen LogP contribution is -2.13. The number of hydrogen-bond donors (Lipinski definition) is 4. The first-order valence-electron chi connectivity index (χ1n) is 16.7. The zero-order valence-corrected chi connectivity index (χ0v) is 33.4. The van der Waals surface area contributed by atoms with Gasteiger partial charge in [0.25, 0.3) is 10.1 Å². The Morgan fingerprint density at radius 2 is 1.22 bits per heavy atom. The second-order valence-electron chi connectivity index (χ2n) is 13.6. The summed E-state index contributed by atoms with van der Waals surface area (Å²) in [5.41, 5.74) is 9.05. The van der Waals surface area contributed by atoms with E-state index in [9.17, 15) is 29.8 Å². The molecule has 0 spiro atoms. The maximum atomic E-state index is 12.6. The molecule has 4 N–H and O–H groups in total. The molecular weight excluding hydrogens is 749 g/mol. The Kier molecular flexibility index (Phi) is 9.90. The third-order valence-electron chi connectivity index (χ3n) is 9.13. The monoisotopic (exact) mass is 788 g/mol. The Morgan fingerprint density at radius 3 is 1.85 bits per heavy atom. The van der Waals surface area contributed by atoms with Crippen LogP contribution in [-0.2, 0) is 30.2 Å². The maximum Gasteiger partial charge on any atom is 0.295 e. The van der Waals surface area contributed by atoms with E-state index in [2.05, 4.69) is 14.8 Å². The first kappa shape index (κ1) is 38.5. The molecule has 0 saturated heterocycles. The lowest BCUT2D eigenvalue weighted by atomic mass is 9.93. The lowest BCUT2D eigenvalue weighted by Gasteiger charge is -2.20. The van der Waals surface area contributed by atoms with Gasteiger partial charge in [-0.3, -0.25) is 14.0 Å². The van der Waals surface area contributed by atoms with Gasteiger partial charge in [-0.25, -0.2) is 21.8 Å². The minimum Gasteiger partial charge on any atom is -0.456 e. The summed E-state index contributed by atoms with van der Waals surface area (Å²) in [6, 6.07) is 20.5. The summed E-state index contributed by atoms with van der Waals surface area (Å²) in [6.07, 6.45) is 2.19. The fourth-order valence-electron chi connectivity index (χ4n) is 6.90. The van der Waals surface area contributed by atoms with Crippen LogP contribution in [0.5, 0.6) is 0 Å². The largest absolute Gasteiger partial charge is 0.456 e. The van der Waals surface area contributed by atoms with Crippen molar-refractivity contribution in [2.75, 3.05) is 27.3 Å². The Bertz CT molecular complexity index is 2900. The van der Waals surface area contributed by atoms with Crippen molar-refractivity contribution in [1.82, 2.24) is 0 Å². The van der Waals surface area contributed by atoms with E-state index in [-0.39, 0.29) is 10.5 Å². The summed E-state index contributed by atoms with van der Waals surface area (Å²) in [4.78, 5) is 4.63. The van der Waals surface area contributed by atoms with Gasteiger partial charge >= 0.3 is 0 Å². The number of fused-ring (bicyclic) bond motifs is 2. The van der Waals surface area contributed by atoms with Gasteiger partial charge < -0.3 is 9.73 Å². The van der Waals surface area contributed by atoms with E-state index in [0.717, 1.165) is 34.8 Å². The summed E-state index contributed by atoms with van der Waals surface area (Å²) >= 11 is 0. The van der Waals surface area contributed by atoms with Gasteiger partial charge in [0.2, 0.25) is 20.0 Å². The van der Waals surface area contributed by atoms with Crippen LogP contribution in [0.25, 0.3) is 33.4 Å². The van der Waals surface area contributed by atoms with Crippen molar-refractivity contribution < 1.29 is 34.2 Å². The van der Waals surface area contributed by atoms with E-state index in [1.165, 1.54) is 12.1 Å². The molecule has 0 fully saturated rings. The zero-order chi connectivity index (χ0) is 39.5. The number of benzene rings is 5. The number of sulfonamides is 2. The van der Waals surface area contributed by atoms with E-state index in [1.54, 1.807) is 55.5 Å². The van der Waals surface area contributed by atoms with Crippen molar-refractivity contribution in [3.8, 4) is 22.5 Å². The second kappa shape index (κ2) is 13.9. The first-order chi connectivity index (χ1) is 25.1. The molecule has 0 saturated carbocycles. The molecule has 2 aliphatic rings. The predicted octanol–water partition coefficient (Wildman–Crippen LogP) is 8.02. The van der Waals surface area contributed by atoms with Crippen LogP contribution in [0.15, 0.2) is 87.1 Å². The number of aryl methyl sites for hydroxylation is 4. The van der Waals surface area contributed by atoms with Crippen LogP contribution in [0.3, 0.4) is 0 Å². The van der Waals surface area contributed by atoms with Crippen LogP contribution in [0, 0.1) is 41.5 Å². The zero-order valence-electron chi connectivity index (χ0n) is 30.9. The molecule has 0 amide bonds. The van der Waals surface area contributed by atoms with E-state index in [4.69, 9.17) is 9.41 Å². The second-order valence-corrected chi connectivity index (χ2v) is 18.5. The fourth-order valence-corrected chi connectivity index (χ4v) is 8.97. The highest BCUT2D eigenvalue weighted by atomic mass is 32.2. The molecule has 0 aromatic heterocycles. The third-order valence-corrected chi connectivity index (χ3v) is 11.2. The SMILES string of the molecule is Cc1cc(C)c(NS(C)(=O)=O)c(C)c1/N=c1\ccc2c(-c3ccccc3S(=O)(=O)O)c3ccc(Nc4c(C)cc(C)c(NS(C)(=O)=O)c4C)cc3oc-2c1. The molecule has 12 nitrogen and oxygen atoms in total. The predicted molar refractivity (Wildman–Crippen MR) is 215 cm³/mol. The van der Waals surface area contributed by atoms with Gasteiger partial charge in [0.15, 0.2) is 0 Å². The Hall–Kier alpha value is -5.22. The molecule has 0 bridgehead atoms. The molecule has 54 heavy (non-hydrogen) atoms. The Morgan fingerprint density at radius 1 is 0.630 bits per heavy atom. The topological polar surface area (TPSA) is 184 Å². The highest BCUT2D eigenvalue weighted by Gasteiger charge is 2.24. The molecule has 0 atom stereocenters. The average molecular weight is 789 g/mol. The average Bonchev–Trinajstić information content (AvgIpc) is 3.06. The molecule has 15 heteroatoms. The highest BCUT2D eigenvalue weighted by Crippen LogP contribution is 2.43. The van der Waals surface area contributed by atoms with Crippen LogP contribution in [0.4, 0.5) is 28.4 Å².